The Morgan fingerprint density at radius 2 is 1.62 bits per heavy atom. The number of carbonyl (C=O) groups excluding carboxylic acids is 3. The number of hydrogen-bond acceptors (Lipinski definition) is 8. The van der Waals surface area contributed by atoms with E-state index >= 15 is 0 Å². The number of carbonyl (C=O) groups is 4. The minimum atomic E-state index is -1.18. The van der Waals surface area contributed by atoms with Gasteiger partial charge < -0.3 is 14.7 Å². The summed E-state index contributed by atoms with van der Waals surface area (Å²) < 4.78 is 6.22. The summed E-state index contributed by atoms with van der Waals surface area (Å²) in [5, 5.41) is 23.4. The summed E-state index contributed by atoms with van der Waals surface area (Å²) in [7, 11) is 4.12. The first-order valence-electron chi connectivity index (χ1n) is 22.9. The Morgan fingerprint density at radius 1 is 0.950 bits per heavy atom. The Hall–Kier alpha value is -3.55. The second kappa shape index (κ2) is 15.1. The molecule has 5 aliphatic carbocycles. The molecule has 7 rings (SSSR count). The van der Waals surface area contributed by atoms with Gasteiger partial charge in [0, 0.05) is 30.3 Å². The van der Waals surface area contributed by atoms with Crippen LogP contribution in [0.25, 0.3) is 0 Å². The predicted octanol–water partition coefficient (Wildman–Crippen LogP) is 9.08. The fourth-order valence-electron chi connectivity index (χ4n) is 15.0. The number of Topliss-reactive ketones (excluding diaryl/α,β-unsaturated/α-hetero) is 1. The molecule has 4 saturated carbocycles. The number of aliphatic carboxylic acids is 1. The van der Waals surface area contributed by atoms with Crippen molar-refractivity contribution in [3.8, 4) is 6.07 Å². The number of likely N-dealkylation sites (N-methyl/N-ethyl adjacent to an activating group) is 1. The van der Waals surface area contributed by atoms with Crippen LogP contribution in [-0.4, -0.2) is 78.0 Å². The Labute approximate surface area is 359 Å². The molecule has 4 unspecified atom stereocenters. The van der Waals surface area contributed by atoms with Gasteiger partial charge in [0.05, 0.1) is 41.1 Å². The van der Waals surface area contributed by atoms with Gasteiger partial charge in [-0.3, -0.25) is 19.2 Å². The molecule has 1 aromatic carbocycles. The SMILES string of the molecule is CC(C)C1=C2[C@H]3CCC4[C@@]5(C)CC[C@H](OC(=O)CC(C)(C)C(=O)O)C(C)(C)C5CC[C@@]4(C)[C@]3(C)CC[C@@]2(C2C(C)C(=O)N(c3ccc(C#N)cc3)N2CCN(C)C)CC1=O. The van der Waals surface area contributed by atoms with Gasteiger partial charge in [-0.25, -0.2) is 10.0 Å². The Bertz CT molecular complexity index is 2000. The van der Waals surface area contributed by atoms with Crippen LogP contribution in [0, 0.1) is 73.4 Å². The van der Waals surface area contributed by atoms with Crippen LogP contribution >= 0.6 is 0 Å². The number of benzene rings is 1. The first-order valence-corrected chi connectivity index (χ1v) is 22.9. The summed E-state index contributed by atoms with van der Waals surface area (Å²) in [5.74, 6) is -0.352. The molecule has 10 nitrogen and oxygen atoms in total. The number of ether oxygens (including phenoxy) is 1. The molecule has 1 aliphatic heterocycles. The number of carboxylic acids is 1. The number of hydrazine groups is 1. The van der Waals surface area contributed by atoms with Crippen LogP contribution in [0.15, 0.2) is 35.4 Å². The van der Waals surface area contributed by atoms with Gasteiger partial charge in [0.2, 0.25) is 5.91 Å². The van der Waals surface area contributed by atoms with E-state index in [1.54, 1.807) is 26.0 Å². The van der Waals surface area contributed by atoms with Gasteiger partial charge in [0.1, 0.15) is 6.10 Å². The zero-order chi connectivity index (χ0) is 44.1. The first kappa shape index (κ1) is 44.5. The molecule has 0 radical (unpaired) electrons. The number of nitrogens with zero attached hydrogens (tertiary/aromatic N) is 4. The molecule has 10 atom stereocenters. The number of hydrogen-bond donors (Lipinski definition) is 1. The zero-order valence-electron chi connectivity index (χ0n) is 38.6. The molecule has 1 N–H and O–H groups in total. The molecule has 1 saturated heterocycles. The topological polar surface area (TPSA) is 131 Å². The maximum absolute atomic E-state index is 14.7. The van der Waals surface area contributed by atoms with E-state index in [-0.39, 0.29) is 69.7 Å². The molecule has 10 heteroatoms. The van der Waals surface area contributed by atoms with Crippen molar-refractivity contribution in [2.75, 3.05) is 32.2 Å². The number of anilines is 1. The summed E-state index contributed by atoms with van der Waals surface area (Å²) in [6.45, 7) is 23.2. The lowest BCUT2D eigenvalue weighted by atomic mass is 9.32. The third kappa shape index (κ3) is 6.52. The fraction of sp³-hybridized carbons (Fsp3) is 0.740. The number of fused-ring (bicyclic) bond motifs is 7. The van der Waals surface area contributed by atoms with Crippen LogP contribution in [0.3, 0.4) is 0 Å². The fourth-order valence-corrected chi connectivity index (χ4v) is 15.0. The normalized spacial score (nSPS) is 37.7. The highest BCUT2D eigenvalue weighted by Crippen LogP contribution is 2.77. The van der Waals surface area contributed by atoms with Gasteiger partial charge >= 0.3 is 11.9 Å². The van der Waals surface area contributed by atoms with Crippen molar-refractivity contribution < 1.29 is 29.0 Å². The molecule has 1 aromatic rings. The van der Waals surface area contributed by atoms with E-state index in [0.717, 1.165) is 69.2 Å². The van der Waals surface area contributed by atoms with E-state index in [9.17, 15) is 29.5 Å². The van der Waals surface area contributed by atoms with Gasteiger partial charge in [-0.15, -0.1) is 0 Å². The lowest BCUT2D eigenvalue weighted by Gasteiger charge is -2.72. The van der Waals surface area contributed by atoms with E-state index in [1.807, 2.05) is 17.1 Å². The Morgan fingerprint density at radius 3 is 2.22 bits per heavy atom. The number of ketones is 1. The molecule has 1 amide bonds. The second-order valence-electron chi connectivity index (χ2n) is 22.6. The van der Waals surface area contributed by atoms with E-state index in [4.69, 9.17) is 4.74 Å². The Balaban J connectivity index is 1.25. The monoisotopic (exact) mass is 825 g/mol. The largest absolute Gasteiger partial charge is 0.481 e. The maximum Gasteiger partial charge on any atom is 0.309 e. The van der Waals surface area contributed by atoms with Crippen LogP contribution in [0.2, 0.25) is 0 Å². The highest BCUT2D eigenvalue weighted by atomic mass is 16.5. The minimum absolute atomic E-state index is 0.00933. The maximum atomic E-state index is 14.7. The summed E-state index contributed by atoms with van der Waals surface area (Å²) >= 11 is 0. The van der Waals surface area contributed by atoms with Crippen LogP contribution in [0.4, 0.5) is 5.69 Å². The molecule has 328 valence electrons. The molecule has 5 fully saturated rings. The van der Waals surface area contributed by atoms with Gasteiger partial charge in [0.25, 0.3) is 0 Å². The number of nitriles is 1. The third-order valence-corrected chi connectivity index (χ3v) is 18.1. The van der Waals surface area contributed by atoms with Crippen molar-refractivity contribution in [1.82, 2.24) is 9.91 Å². The van der Waals surface area contributed by atoms with Crippen molar-refractivity contribution in [3.05, 3.63) is 41.0 Å². The number of rotatable bonds is 10. The standard InChI is InChI=1S/C50H72N4O6/c1-30(2)40-35(55)27-50(42-31(3)43(57)54(53(42)26-25-52(11)12)33-15-13-32(29-51)14-16-33)24-23-48(9)34(41(40)50)17-18-37-47(8)21-20-38(60-39(56)28-45(4,5)44(58)59)46(6,7)36(47)19-22-49(37,48)10/h13-16,30-31,34,36-38,42H,17-28H2,1-12H3,(H,58,59)/t31?,34-,36?,37?,38+,42?,47+,48-,49-,50-/m1/s1. The summed E-state index contributed by atoms with van der Waals surface area (Å²) in [6, 6.07) is 9.38. The van der Waals surface area contributed by atoms with E-state index in [1.165, 1.54) is 5.57 Å². The van der Waals surface area contributed by atoms with E-state index in [0.29, 0.717) is 30.4 Å². The zero-order valence-corrected chi connectivity index (χ0v) is 38.6. The van der Waals surface area contributed by atoms with Gasteiger partial charge in [0.15, 0.2) is 5.78 Å². The van der Waals surface area contributed by atoms with Gasteiger partial charge in [-0.05, 0) is 149 Å². The van der Waals surface area contributed by atoms with Gasteiger partial charge in [-0.1, -0.05) is 61.0 Å². The van der Waals surface area contributed by atoms with Gasteiger partial charge in [-0.2, -0.15) is 5.26 Å². The van der Waals surface area contributed by atoms with Crippen LogP contribution in [-0.2, 0) is 23.9 Å². The molecule has 0 spiro atoms. The van der Waals surface area contributed by atoms with Crippen molar-refractivity contribution in [2.45, 2.75) is 146 Å². The molecule has 1 heterocycles. The third-order valence-electron chi connectivity index (χ3n) is 18.1. The van der Waals surface area contributed by atoms with E-state index in [2.05, 4.69) is 85.5 Å². The minimum Gasteiger partial charge on any atom is -0.481 e. The molecule has 0 aromatic heterocycles. The molecular weight excluding hydrogens is 753 g/mol. The number of carboxylic acid groups (broad SMARTS) is 1. The lowest BCUT2D eigenvalue weighted by molar-refractivity contribution is -0.234. The summed E-state index contributed by atoms with van der Waals surface area (Å²) in [4.78, 5) is 56.6. The lowest BCUT2D eigenvalue weighted by Crippen LogP contribution is -2.66. The van der Waals surface area contributed by atoms with Crippen molar-refractivity contribution >= 4 is 29.3 Å². The average Bonchev–Trinajstić information content (AvgIpc) is 3.61. The number of esters is 1. The molecule has 6 aliphatic rings. The second-order valence-corrected chi connectivity index (χ2v) is 22.6. The predicted molar refractivity (Wildman–Crippen MR) is 232 cm³/mol. The highest BCUT2D eigenvalue weighted by molar-refractivity contribution is 6.02. The molecular formula is C50H72N4O6. The van der Waals surface area contributed by atoms with E-state index < -0.39 is 22.8 Å². The first-order chi connectivity index (χ1) is 27.9. The van der Waals surface area contributed by atoms with Crippen molar-refractivity contribution in [1.29, 1.82) is 5.26 Å². The summed E-state index contributed by atoms with van der Waals surface area (Å²) in [6.07, 6.45) is 7.77. The van der Waals surface area contributed by atoms with Crippen molar-refractivity contribution in [2.24, 2.45) is 62.1 Å². The number of amides is 1. The van der Waals surface area contributed by atoms with Crippen molar-refractivity contribution in [3.63, 3.8) is 0 Å². The Kier molecular flexibility index (Phi) is 11.2. The summed E-state index contributed by atoms with van der Waals surface area (Å²) in [5.41, 5.74) is 1.76. The van der Waals surface area contributed by atoms with Crippen LogP contribution in [0.5, 0.6) is 0 Å². The highest BCUT2D eigenvalue weighted by Gasteiger charge is 2.72. The quantitative estimate of drug-likeness (QED) is 0.230. The smallest absolute Gasteiger partial charge is 0.309 e. The average molecular weight is 825 g/mol. The number of allylic oxidation sites excluding steroid dienone is 1. The van der Waals surface area contributed by atoms with Crippen LogP contribution in [0.1, 0.15) is 139 Å². The molecule has 60 heavy (non-hydrogen) atoms. The molecule has 0 bridgehead atoms. The van der Waals surface area contributed by atoms with Crippen LogP contribution < -0.4 is 5.01 Å².